The van der Waals surface area contributed by atoms with E-state index in [-0.39, 0.29) is 17.2 Å². The molecule has 2 aromatic carbocycles. The maximum Gasteiger partial charge on any atom is 0.344 e. The van der Waals surface area contributed by atoms with Gasteiger partial charge in [0.25, 0.3) is 5.56 Å². The van der Waals surface area contributed by atoms with Gasteiger partial charge in [0.1, 0.15) is 5.82 Å². The second kappa shape index (κ2) is 10.9. The predicted octanol–water partition coefficient (Wildman–Crippen LogP) is 5.71. The molecule has 1 fully saturated rings. The first kappa shape index (κ1) is 25.4. The molecule has 0 saturated heterocycles. The number of benzene rings is 2. The van der Waals surface area contributed by atoms with E-state index in [0.717, 1.165) is 30.2 Å². The molecular formula is C25H25Br2N3O5. The fraction of sp³-hybridized carbons (Fsp3) is 0.360. The van der Waals surface area contributed by atoms with Crippen LogP contribution in [0, 0.1) is 0 Å². The van der Waals surface area contributed by atoms with Crippen molar-refractivity contribution in [3.63, 3.8) is 0 Å². The van der Waals surface area contributed by atoms with E-state index < -0.39 is 12.1 Å². The highest BCUT2D eigenvalue weighted by Crippen LogP contribution is 2.37. The lowest BCUT2D eigenvalue weighted by Crippen LogP contribution is -2.25. The molecule has 1 N–H and O–H groups in total. The largest absolute Gasteiger partial charge is 0.493 e. The van der Waals surface area contributed by atoms with E-state index in [2.05, 4.69) is 37.0 Å². The smallest absolute Gasteiger partial charge is 0.344 e. The van der Waals surface area contributed by atoms with Gasteiger partial charge in [-0.15, -0.1) is 0 Å². The molecule has 0 amide bonds. The summed E-state index contributed by atoms with van der Waals surface area (Å²) in [7, 11) is 1.47. The van der Waals surface area contributed by atoms with Gasteiger partial charge in [-0.25, -0.2) is 9.78 Å². The minimum absolute atomic E-state index is 0.163. The molecule has 1 heterocycles. The number of fused-ring (bicyclic) bond motifs is 1. The molecule has 0 aliphatic heterocycles. The van der Waals surface area contributed by atoms with E-state index in [0.29, 0.717) is 32.5 Å². The summed E-state index contributed by atoms with van der Waals surface area (Å²) in [6.07, 6.45) is 5.84. The van der Waals surface area contributed by atoms with Crippen molar-refractivity contribution in [3.8, 4) is 11.5 Å². The van der Waals surface area contributed by atoms with E-state index in [1.165, 1.54) is 25.1 Å². The van der Waals surface area contributed by atoms with Gasteiger partial charge in [0.15, 0.2) is 17.6 Å². The van der Waals surface area contributed by atoms with Crippen molar-refractivity contribution in [3.05, 3.63) is 61.0 Å². The Labute approximate surface area is 219 Å². The van der Waals surface area contributed by atoms with Crippen LogP contribution in [0.3, 0.4) is 0 Å². The van der Waals surface area contributed by atoms with Crippen molar-refractivity contribution in [1.82, 2.24) is 9.66 Å². The third-order valence-corrected chi connectivity index (χ3v) is 7.10. The van der Waals surface area contributed by atoms with E-state index in [4.69, 9.17) is 14.5 Å². The minimum Gasteiger partial charge on any atom is -0.493 e. The zero-order valence-electron chi connectivity index (χ0n) is 19.3. The average Bonchev–Trinajstić information content (AvgIpc) is 2.85. The zero-order chi connectivity index (χ0) is 25.1. The third-order valence-electron chi connectivity index (χ3n) is 6.02. The molecular weight excluding hydrogens is 582 g/mol. The van der Waals surface area contributed by atoms with Crippen LogP contribution in [-0.4, -0.2) is 40.2 Å². The Morgan fingerprint density at radius 3 is 2.66 bits per heavy atom. The van der Waals surface area contributed by atoms with Gasteiger partial charge in [0.05, 0.1) is 28.7 Å². The van der Waals surface area contributed by atoms with E-state index >= 15 is 0 Å². The number of carboxylic acids is 1. The molecule has 1 aliphatic carbocycles. The van der Waals surface area contributed by atoms with E-state index in [9.17, 15) is 14.7 Å². The summed E-state index contributed by atoms with van der Waals surface area (Å²) in [5, 5.41) is 14.2. The number of halogens is 2. The Balaban J connectivity index is 1.78. The van der Waals surface area contributed by atoms with Crippen LogP contribution in [0.5, 0.6) is 11.5 Å². The van der Waals surface area contributed by atoms with Crippen molar-refractivity contribution in [1.29, 1.82) is 0 Å². The second-order valence-corrected chi connectivity index (χ2v) is 10.2. The molecule has 184 valence electrons. The Hall–Kier alpha value is -2.72. The molecule has 0 radical (unpaired) electrons. The monoisotopic (exact) mass is 605 g/mol. The van der Waals surface area contributed by atoms with Gasteiger partial charge in [-0.3, -0.25) is 4.79 Å². The van der Waals surface area contributed by atoms with Gasteiger partial charge in [-0.05, 0) is 71.6 Å². The molecule has 0 unspecified atom stereocenters. The molecule has 1 saturated carbocycles. The second-order valence-electron chi connectivity index (χ2n) is 8.46. The van der Waals surface area contributed by atoms with Gasteiger partial charge in [0.2, 0.25) is 0 Å². The van der Waals surface area contributed by atoms with Crippen molar-refractivity contribution in [2.75, 3.05) is 7.11 Å². The Morgan fingerprint density at radius 1 is 1.23 bits per heavy atom. The van der Waals surface area contributed by atoms with Gasteiger partial charge in [-0.2, -0.15) is 9.78 Å². The van der Waals surface area contributed by atoms with Crippen molar-refractivity contribution >= 4 is 54.9 Å². The molecule has 4 rings (SSSR count). The fourth-order valence-electron chi connectivity index (χ4n) is 4.18. The molecule has 1 aromatic heterocycles. The summed E-state index contributed by atoms with van der Waals surface area (Å²) < 4.78 is 13.7. The highest BCUT2D eigenvalue weighted by atomic mass is 79.9. The Bertz CT molecular complexity index is 1350. The highest BCUT2D eigenvalue weighted by Gasteiger charge is 2.23. The topological polar surface area (TPSA) is 103 Å². The van der Waals surface area contributed by atoms with Gasteiger partial charge in [0, 0.05) is 10.4 Å². The summed E-state index contributed by atoms with van der Waals surface area (Å²) in [4.78, 5) is 29.5. The SMILES string of the molecule is COc1cc(C=Nn2c(C3CCCCC3)nc3ccc(Br)cc3c2=O)cc(Br)c1O[C@@H](C)C(=O)O. The Kier molecular flexibility index (Phi) is 7.91. The highest BCUT2D eigenvalue weighted by molar-refractivity contribution is 9.10. The Morgan fingerprint density at radius 2 is 1.97 bits per heavy atom. The van der Waals surface area contributed by atoms with E-state index in [1.54, 1.807) is 24.4 Å². The first-order chi connectivity index (χ1) is 16.8. The standard InChI is InChI=1S/C25H25Br2N3O5/c1-14(25(32)33)35-22-19(27)10-15(11-21(22)34-2)13-28-30-23(16-6-4-3-5-7-16)29-20-9-8-17(26)12-18(20)24(30)31/h8-14,16H,3-7H2,1-2H3,(H,32,33)/t14-/m0/s1. The first-order valence-corrected chi connectivity index (χ1v) is 12.9. The van der Waals surface area contributed by atoms with Crippen LogP contribution >= 0.6 is 31.9 Å². The maximum atomic E-state index is 13.5. The first-order valence-electron chi connectivity index (χ1n) is 11.3. The van der Waals surface area contributed by atoms with Crippen LogP contribution < -0.4 is 15.0 Å². The lowest BCUT2D eigenvalue weighted by atomic mass is 9.88. The van der Waals surface area contributed by atoms with Crippen LogP contribution in [0.2, 0.25) is 0 Å². The number of hydrogen-bond acceptors (Lipinski definition) is 6. The van der Waals surface area contributed by atoms with Crippen LogP contribution in [0.25, 0.3) is 10.9 Å². The van der Waals surface area contributed by atoms with Crippen LogP contribution in [0.15, 0.2) is 49.2 Å². The average molecular weight is 607 g/mol. The number of aliphatic carboxylic acids is 1. The molecule has 8 nitrogen and oxygen atoms in total. The number of aromatic nitrogens is 2. The number of ether oxygens (including phenoxy) is 2. The summed E-state index contributed by atoms with van der Waals surface area (Å²) >= 11 is 6.87. The number of nitrogens with zero attached hydrogens (tertiary/aromatic N) is 3. The predicted molar refractivity (Wildman–Crippen MR) is 141 cm³/mol. The lowest BCUT2D eigenvalue weighted by Gasteiger charge is -2.22. The molecule has 3 aromatic rings. The molecule has 35 heavy (non-hydrogen) atoms. The number of carbonyl (C=O) groups is 1. The van der Waals surface area contributed by atoms with Crippen LogP contribution in [0.4, 0.5) is 0 Å². The van der Waals surface area contributed by atoms with Crippen molar-refractivity contribution in [2.24, 2.45) is 5.10 Å². The summed E-state index contributed by atoms with van der Waals surface area (Å²) in [5.41, 5.74) is 1.07. The molecule has 0 bridgehead atoms. The number of carboxylic acid groups (broad SMARTS) is 1. The minimum atomic E-state index is -1.09. The molecule has 0 spiro atoms. The van der Waals surface area contributed by atoms with E-state index in [1.807, 2.05) is 12.1 Å². The number of rotatable bonds is 7. The lowest BCUT2D eigenvalue weighted by molar-refractivity contribution is -0.144. The van der Waals surface area contributed by atoms with Crippen molar-refractivity contribution < 1.29 is 19.4 Å². The summed E-state index contributed by atoms with van der Waals surface area (Å²) in [5.74, 6) is 0.360. The maximum absolute atomic E-state index is 13.5. The number of hydrogen-bond donors (Lipinski definition) is 1. The van der Waals surface area contributed by atoms with Crippen molar-refractivity contribution in [2.45, 2.75) is 51.0 Å². The third kappa shape index (κ3) is 5.59. The molecule has 10 heteroatoms. The van der Waals surface area contributed by atoms with Gasteiger partial charge in [-0.1, -0.05) is 35.2 Å². The normalized spacial score (nSPS) is 15.4. The number of methoxy groups -OCH3 is 1. The summed E-state index contributed by atoms with van der Waals surface area (Å²) in [6.45, 7) is 1.44. The van der Waals surface area contributed by atoms with Gasteiger partial charge >= 0.3 is 5.97 Å². The van der Waals surface area contributed by atoms with Crippen LogP contribution in [-0.2, 0) is 4.79 Å². The quantitative estimate of drug-likeness (QED) is 0.346. The fourth-order valence-corrected chi connectivity index (χ4v) is 5.10. The van der Waals surface area contributed by atoms with Gasteiger partial charge < -0.3 is 14.6 Å². The molecule has 1 aliphatic rings. The molecule has 1 atom stereocenters. The zero-order valence-corrected chi connectivity index (χ0v) is 22.5. The van der Waals surface area contributed by atoms with Crippen LogP contribution in [0.1, 0.15) is 56.3 Å². The summed E-state index contributed by atoms with van der Waals surface area (Å²) in [6, 6.07) is 8.89.